The van der Waals surface area contributed by atoms with Crippen molar-refractivity contribution in [1.82, 2.24) is 4.98 Å². The molecule has 1 saturated heterocycles. The summed E-state index contributed by atoms with van der Waals surface area (Å²) in [6.07, 6.45) is 1.26. The van der Waals surface area contributed by atoms with Crippen molar-refractivity contribution in [2.45, 2.75) is 33.6 Å². The van der Waals surface area contributed by atoms with E-state index in [2.05, 4.69) is 10.3 Å². The first-order valence-corrected chi connectivity index (χ1v) is 11.4. The van der Waals surface area contributed by atoms with E-state index in [1.807, 2.05) is 62.5 Å². The van der Waals surface area contributed by atoms with E-state index in [4.69, 9.17) is 4.74 Å². The van der Waals surface area contributed by atoms with Crippen LogP contribution in [0.2, 0.25) is 0 Å². The van der Waals surface area contributed by atoms with E-state index < -0.39 is 0 Å². The Morgan fingerprint density at radius 3 is 2.39 bits per heavy atom. The summed E-state index contributed by atoms with van der Waals surface area (Å²) in [7, 11) is 0. The van der Waals surface area contributed by atoms with Gasteiger partial charge in [0, 0.05) is 29.7 Å². The Kier molecular flexibility index (Phi) is 6.36. The summed E-state index contributed by atoms with van der Waals surface area (Å²) in [6, 6.07) is 12.0. The Morgan fingerprint density at radius 1 is 1.10 bits per heavy atom. The zero-order valence-corrected chi connectivity index (χ0v) is 18.8. The Hall–Kier alpha value is -2.74. The van der Waals surface area contributed by atoms with E-state index in [1.54, 1.807) is 0 Å². The van der Waals surface area contributed by atoms with Gasteiger partial charge in [0.1, 0.15) is 11.5 Å². The molecule has 0 unspecified atom stereocenters. The fourth-order valence-corrected chi connectivity index (χ4v) is 4.69. The second-order valence-electron chi connectivity index (χ2n) is 8.19. The number of aryl methyl sites for hydroxylation is 3. The first-order chi connectivity index (χ1) is 14.9. The van der Waals surface area contributed by atoms with E-state index in [0.29, 0.717) is 31.1 Å². The maximum absolute atomic E-state index is 12.5. The highest BCUT2D eigenvalue weighted by Gasteiger charge is 2.25. The van der Waals surface area contributed by atoms with Gasteiger partial charge in [-0.25, -0.2) is 4.98 Å². The quantitative estimate of drug-likeness (QED) is 0.585. The topological polar surface area (TPSA) is 78.7 Å². The molecule has 6 nitrogen and oxygen atoms in total. The third kappa shape index (κ3) is 5.12. The standard InChI is InChI=1S/C24H27N3O3S/c1-15-4-6-19(7-5-15)30-20-12-16(2)22(17(3)13-20)21-14-31-24(25-21)26-23(28)18-8-10-27(29)11-9-18/h4-7,12-14,18,27H,8-11H2,1-3H3,(H,25,26,28). The summed E-state index contributed by atoms with van der Waals surface area (Å²) in [4.78, 5) is 17.2. The van der Waals surface area contributed by atoms with Crippen LogP contribution in [0.25, 0.3) is 11.3 Å². The van der Waals surface area contributed by atoms with Gasteiger partial charge in [0.25, 0.3) is 0 Å². The number of anilines is 1. The molecule has 2 N–H and O–H groups in total. The van der Waals surface area contributed by atoms with Crippen molar-refractivity contribution < 1.29 is 14.6 Å². The zero-order valence-electron chi connectivity index (χ0n) is 18.0. The second-order valence-corrected chi connectivity index (χ2v) is 9.05. The minimum atomic E-state index is -0.105. The van der Waals surface area contributed by atoms with Crippen LogP contribution >= 0.6 is 11.3 Å². The van der Waals surface area contributed by atoms with Crippen molar-refractivity contribution in [3.05, 3.63) is 63.7 Å². The van der Waals surface area contributed by atoms with Crippen LogP contribution in [0.5, 0.6) is 11.5 Å². The van der Waals surface area contributed by atoms with Crippen LogP contribution in [-0.4, -0.2) is 24.0 Å². The first-order valence-electron chi connectivity index (χ1n) is 10.5. The summed E-state index contributed by atoms with van der Waals surface area (Å²) in [5.74, 6) is 1.45. The smallest absolute Gasteiger partial charge is 0.229 e. The number of amides is 1. The van der Waals surface area contributed by atoms with Crippen molar-refractivity contribution in [3.63, 3.8) is 0 Å². The number of rotatable bonds is 5. The van der Waals surface area contributed by atoms with E-state index in [1.165, 1.54) is 16.9 Å². The zero-order chi connectivity index (χ0) is 22.0. The number of carbonyl (C=O) groups excluding carboxylic acids is 1. The summed E-state index contributed by atoms with van der Waals surface area (Å²) in [5.41, 5.74) is 5.22. The van der Waals surface area contributed by atoms with Crippen LogP contribution in [0.4, 0.5) is 5.13 Å². The number of carbonyl (C=O) groups is 1. The molecule has 31 heavy (non-hydrogen) atoms. The molecule has 7 heteroatoms. The Bertz CT molecular complexity index is 1050. The Labute approximate surface area is 186 Å². The van der Waals surface area contributed by atoms with Gasteiger partial charge in [-0.3, -0.25) is 4.79 Å². The predicted molar refractivity (Wildman–Crippen MR) is 124 cm³/mol. The molecule has 2 heterocycles. The first kappa shape index (κ1) is 21.5. The van der Waals surface area contributed by atoms with Crippen LogP contribution in [-0.2, 0) is 4.79 Å². The van der Waals surface area contributed by atoms with Crippen molar-refractivity contribution in [2.24, 2.45) is 5.92 Å². The molecule has 1 aliphatic rings. The van der Waals surface area contributed by atoms with Gasteiger partial charge in [0.15, 0.2) is 5.13 Å². The molecule has 4 rings (SSSR count). The lowest BCUT2D eigenvalue weighted by Crippen LogP contribution is -3.08. The van der Waals surface area contributed by atoms with Gasteiger partial charge in [0.05, 0.1) is 18.8 Å². The molecule has 0 saturated carbocycles. The largest absolute Gasteiger partial charge is 0.634 e. The average Bonchev–Trinajstić information content (AvgIpc) is 3.17. The maximum atomic E-state index is 12.5. The average molecular weight is 438 g/mol. The molecular formula is C24H27N3O3S. The number of thiazole rings is 1. The molecule has 3 aromatic rings. The number of quaternary nitrogens is 1. The van der Waals surface area contributed by atoms with Crippen molar-refractivity contribution in [2.75, 3.05) is 18.4 Å². The molecule has 0 radical (unpaired) electrons. The van der Waals surface area contributed by atoms with Crippen molar-refractivity contribution in [3.8, 4) is 22.8 Å². The fraction of sp³-hybridized carbons (Fsp3) is 0.333. The number of hydrogen-bond acceptors (Lipinski definition) is 5. The van der Waals surface area contributed by atoms with Gasteiger partial charge < -0.3 is 20.3 Å². The third-order valence-corrected chi connectivity index (χ3v) is 6.43. The van der Waals surface area contributed by atoms with Crippen LogP contribution in [0.15, 0.2) is 41.8 Å². The number of benzene rings is 2. The SMILES string of the molecule is Cc1ccc(Oc2cc(C)c(-c3csc(NC(=O)C4CC[NH+]([O-])CC4)n3)c(C)c2)cc1. The number of aromatic nitrogens is 1. The van der Waals surface area contributed by atoms with Crippen LogP contribution in [0.3, 0.4) is 0 Å². The number of nitrogens with zero attached hydrogens (tertiary/aromatic N) is 1. The molecule has 1 amide bonds. The van der Waals surface area contributed by atoms with Crippen molar-refractivity contribution >= 4 is 22.4 Å². The van der Waals surface area contributed by atoms with Gasteiger partial charge in [-0.05, 0) is 56.2 Å². The second kappa shape index (κ2) is 9.18. The number of hydrogen-bond donors (Lipinski definition) is 2. The Balaban J connectivity index is 1.47. The lowest BCUT2D eigenvalue weighted by atomic mass is 9.97. The van der Waals surface area contributed by atoms with Gasteiger partial charge in [-0.15, -0.1) is 11.3 Å². The minimum absolute atomic E-state index is 0.0383. The highest BCUT2D eigenvalue weighted by molar-refractivity contribution is 7.14. The van der Waals surface area contributed by atoms with E-state index in [-0.39, 0.29) is 16.9 Å². The van der Waals surface area contributed by atoms with E-state index >= 15 is 0 Å². The molecule has 0 atom stereocenters. The molecule has 1 aliphatic heterocycles. The highest BCUT2D eigenvalue weighted by Crippen LogP contribution is 2.34. The number of nitrogens with one attached hydrogen (secondary N) is 2. The predicted octanol–water partition coefficient (Wildman–Crippen LogP) is 4.26. The lowest BCUT2D eigenvalue weighted by molar-refractivity contribution is -0.854. The summed E-state index contributed by atoms with van der Waals surface area (Å²) >= 11 is 1.42. The molecular weight excluding hydrogens is 410 g/mol. The molecule has 0 aliphatic carbocycles. The maximum Gasteiger partial charge on any atom is 0.229 e. The normalized spacial score (nSPS) is 18.6. The van der Waals surface area contributed by atoms with Crippen LogP contribution in [0.1, 0.15) is 29.5 Å². The van der Waals surface area contributed by atoms with Gasteiger partial charge >= 0.3 is 0 Å². The molecule has 2 aromatic carbocycles. The minimum Gasteiger partial charge on any atom is -0.634 e. The molecule has 1 aromatic heterocycles. The highest BCUT2D eigenvalue weighted by atomic mass is 32.1. The van der Waals surface area contributed by atoms with Crippen LogP contribution < -0.4 is 15.1 Å². The molecule has 0 bridgehead atoms. The molecule has 162 valence electrons. The van der Waals surface area contributed by atoms with E-state index in [0.717, 1.165) is 33.9 Å². The molecule has 1 fully saturated rings. The van der Waals surface area contributed by atoms with E-state index in [9.17, 15) is 10.0 Å². The summed E-state index contributed by atoms with van der Waals surface area (Å²) in [6.45, 7) is 7.13. The Morgan fingerprint density at radius 2 is 1.74 bits per heavy atom. The monoisotopic (exact) mass is 437 g/mol. The number of hydroxylamine groups is 2. The van der Waals surface area contributed by atoms with Crippen LogP contribution in [0, 0.1) is 31.9 Å². The molecule has 0 spiro atoms. The lowest BCUT2D eigenvalue weighted by Gasteiger charge is -2.30. The number of ether oxygens (including phenoxy) is 1. The summed E-state index contributed by atoms with van der Waals surface area (Å²) < 4.78 is 6.02. The summed E-state index contributed by atoms with van der Waals surface area (Å²) in [5, 5.41) is 17.2. The van der Waals surface area contributed by atoms with Gasteiger partial charge in [-0.1, -0.05) is 17.7 Å². The third-order valence-electron chi connectivity index (χ3n) is 5.67. The fourth-order valence-electron chi connectivity index (χ4n) is 3.98. The van der Waals surface area contributed by atoms with Gasteiger partial charge in [0.2, 0.25) is 5.91 Å². The van der Waals surface area contributed by atoms with Crippen molar-refractivity contribution in [1.29, 1.82) is 0 Å². The number of piperidine rings is 1. The van der Waals surface area contributed by atoms with Gasteiger partial charge in [-0.2, -0.15) is 0 Å².